The van der Waals surface area contributed by atoms with Crippen molar-refractivity contribution in [2.24, 2.45) is 5.73 Å². The van der Waals surface area contributed by atoms with Gasteiger partial charge in [0.15, 0.2) is 0 Å². The maximum Gasteiger partial charge on any atom is 0.234 e. The lowest BCUT2D eigenvalue weighted by Crippen LogP contribution is -2.11. The third-order valence-corrected chi connectivity index (χ3v) is 3.80. The zero-order valence-corrected chi connectivity index (χ0v) is 10.5. The molecule has 1 unspecified atom stereocenters. The molecule has 0 aliphatic carbocycles. The summed E-state index contributed by atoms with van der Waals surface area (Å²) in [5, 5.41) is 13.2. The number of hydrogen-bond acceptors (Lipinski definition) is 5. The Labute approximate surface area is 108 Å². The summed E-state index contributed by atoms with van der Waals surface area (Å²) in [4.78, 5) is 0.832. The zero-order valence-electron chi connectivity index (χ0n) is 9.73. The highest BCUT2D eigenvalue weighted by molar-refractivity contribution is 7.16. The molecule has 2 N–H and O–H groups in total. The molecule has 1 atom stereocenters. The molecule has 0 aliphatic rings. The molecule has 0 fully saturated rings. The van der Waals surface area contributed by atoms with Crippen molar-refractivity contribution >= 4 is 16.3 Å². The van der Waals surface area contributed by atoms with E-state index in [4.69, 9.17) is 5.73 Å². The van der Waals surface area contributed by atoms with Crippen LogP contribution in [0.3, 0.4) is 0 Å². The van der Waals surface area contributed by atoms with Gasteiger partial charge < -0.3 is 5.73 Å². The van der Waals surface area contributed by atoms with Crippen molar-refractivity contribution in [3.63, 3.8) is 0 Å². The fraction of sp³-hybridized carbons (Fsp3) is 0.250. The molecule has 0 spiro atoms. The van der Waals surface area contributed by atoms with Gasteiger partial charge >= 0.3 is 0 Å². The van der Waals surface area contributed by atoms with E-state index in [0.717, 1.165) is 22.8 Å². The minimum atomic E-state index is 0.0561. The van der Waals surface area contributed by atoms with Gasteiger partial charge in [-0.25, -0.2) is 0 Å². The number of nitrogens with two attached hydrogens (primary N) is 1. The van der Waals surface area contributed by atoms with Crippen LogP contribution < -0.4 is 5.73 Å². The fourth-order valence-electron chi connectivity index (χ4n) is 1.85. The summed E-state index contributed by atoms with van der Waals surface area (Å²) in [6.07, 6.45) is 3.37. The van der Waals surface area contributed by atoms with Gasteiger partial charge in [0.2, 0.25) is 4.96 Å². The topological polar surface area (TPSA) is 69.1 Å². The largest absolute Gasteiger partial charge is 0.324 e. The highest BCUT2D eigenvalue weighted by Gasteiger charge is 2.09. The molecule has 1 aromatic carbocycles. The molecule has 0 bridgehead atoms. The molecular weight excluding hydrogens is 246 g/mol. The van der Waals surface area contributed by atoms with Gasteiger partial charge in [-0.15, -0.1) is 10.2 Å². The van der Waals surface area contributed by atoms with Crippen LogP contribution in [0.1, 0.15) is 23.0 Å². The van der Waals surface area contributed by atoms with Crippen LogP contribution in [0.25, 0.3) is 4.96 Å². The zero-order chi connectivity index (χ0) is 12.4. The van der Waals surface area contributed by atoms with E-state index in [2.05, 4.69) is 27.4 Å². The first-order valence-corrected chi connectivity index (χ1v) is 6.61. The van der Waals surface area contributed by atoms with Crippen molar-refractivity contribution in [2.75, 3.05) is 0 Å². The number of nitrogens with zero attached hydrogens (tertiary/aromatic N) is 4. The predicted molar refractivity (Wildman–Crippen MR) is 70.4 cm³/mol. The van der Waals surface area contributed by atoms with Gasteiger partial charge in [-0.3, -0.25) is 0 Å². The second kappa shape index (κ2) is 4.83. The maximum absolute atomic E-state index is 6.15. The lowest BCUT2D eigenvalue weighted by Gasteiger charge is -2.10. The first kappa shape index (κ1) is 11.3. The summed E-state index contributed by atoms with van der Waals surface area (Å²) in [6.45, 7) is 0. The van der Waals surface area contributed by atoms with Crippen LogP contribution in [0.5, 0.6) is 0 Å². The second-order valence-electron chi connectivity index (χ2n) is 4.11. The SMILES string of the molecule is NC(CCc1nn2cnnc2s1)c1ccccc1. The molecule has 0 saturated heterocycles. The predicted octanol–water partition coefficient (Wildman–Crippen LogP) is 1.82. The molecule has 0 radical (unpaired) electrons. The Bertz CT molecular complexity index is 602. The Morgan fingerprint density at radius 1 is 1.28 bits per heavy atom. The number of fused-ring (bicyclic) bond motifs is 1. The minimum Gasteiger partial charge on any atom is -0.324 e. The van der Waals surface area contributed by atoms with Gasteiger partial charge in [0.05, 0.1) is 0 Å². The van der Waals surface area contributed by atoms with E-state index >= 15 is 0 Å². The molecule has 92 valence electrons. The molecule has 0 aliphatic heterocycles. The first-order chi connectivity index (χ1) is 8.83. The van der Waals surface area contributed by atoms with Crippen molar-refractivity contribution in [1.29, 1.82) is 0 Å². The maximum atomic E-state index is 6.15. The smallest absolute Gasteiger partial charge is 0.234 e. The molecule has 0 saturated carbocycles. The molecule has 2 heterocycles. The summed E-state index contributed by atoms with van der Waals surface area (Å²) in [7, 11) is 0. The van der Waals surface area contributed by atoms with E-state index in [-0.39, 0.29) is 6.04 Å². The monoisotopic (exact) mass is 259 g/mol. The van der Waals surface area contributed by atoms with E-state index in [1.54, 1.807) is 22.2 Å². The van der Waals surface area contributed by atoms with E-state index in [9.17, 15) is 0 Å². The number of benzene rings is 1. The lowest BCUT2D eigenvalue weighted by atomic mass is 10.0. The third kappa shape index (κ3) is 2.25. The van der Waals surface area contributed by atoms with Crippen molar-refractivity contribution in [1.82, 2.24) is 19.8 Å². The van der Waals surface area contributed by atoms with Crippen LogP contribution in [0, 0.1) is 0 Å². The quantitative estimate of drug-likeness (QED) is 0.776. The van der Waals surface area contributed by atoms with Crippen LogP contribution >= 0.6 is 11.3 Å². The van der Waals surface area contributed by atoms with E-state index in [0.29, 0.717) is 0 Å². The molecule has 3 rings (SSSR count). The number of aryl methyl sites for hydroxylation is 1. The lowest BCUT2D eigenvalue weighted by molar-refractivity contribution is 0.644. The summed E-state index contributed by atoms with van der Waals surface area (Å²) in [5.74, 6) is 0. The number of rotatable bonds is 4. The van der Waals surface area contributed by atoms with Gasteiger partial charge in [0.25, 0.3) is 0 Å². The van der Waals surface area contributed by atoms with E-state index < -0.39 is 0 Å². The fourth-order valence-corrected chi connectivity index (χ4v) is 2.68. The van der Waals surface area contributed by atoms with Crippen molar-refractivity contribution in [2.45, 2.75) is 18.9 Å². The van der Waals surface area contributed by atoms with Crippen molar-refractivity contribution in [3.05, 3.63) is 47.2 Å². The molecule has 18 heavy (non-hydrogen) atoms. The van der Waals surface area contributed by atoms with E-state index in [1.807, 2.05) is 18.2 Å². The van der Waals surface area contributed by atoms with Crippen LogP contribution in [-0.4, -0.2) is 19.8 Å². The summed E-state index contributed by atoms with van der Waals surface area (Å²) in [6, 6.07) is 10.2. The normalized spacial score (nSPS) is 12.9. The Morgan fingerprint density at radius 3 is 2.89 bits per heavy atom. The summed E-state index contributed by atoms with van der Waals surface area (Å²) < 4.78 is 1.70. The standard InChI is InChI=1S/C12H13N5S/c13-10(9-4-2-1-3-5-9)6-7-11-16-17-8-14-15-12(17)18-11/h1-5,8,10H,6-7,13H2. The van der Waals surface area contributed by atoms with Gasteiger partial charge in [-0.05, 0) is 12.0 Å². The molecular formula is C12H13N5S. The molecule has 2 aromatic heterocycles. The molecule has 6 heteroatoms. The Morgan fingerprint density at radius 2 is 2.11 bits per heavy atom. The van der Waals surface area contributed by atoms with Crippen LogP contribution in [-0.2, 0) is 6.42 Å². The highest BCUT2D eigenvalue weighted by atomic mass is 32.1. The first-order valence-electron chi connectivity index (χ1n) is 5.79. The third-order valence-electron chi connectivity index (χ3n) is 2.83. The van der Waals surface area contributed by atoms with Gasteiger partial charge in [0, 0.05) is 12.5 Å². The average Bonchev–Trinajstić information content (AvgIpc) is 2.97. The molecule has 5 nitrogen and oxygen atoms in total. The Balaban J connectivity index is 1.66. The number of aromatic nitrogens is 4. The van der Waals surface area contributed by atoms with Crippen molar-refractivity contribution in [3.8, 4) is 0 Å². The Hall–Kier alpha value is -1.79. The van der Waals surface area contributed by atoms with Crippen LogP contribution in [0.2, 0.25) is 0 Å². The summed E-state index contributed by atoms with van der Waals surface area (Å²) >= 11 is 1.56. The summed E-state index contributed by atoms with van der Waals surface area (Å²) in [5.41, 5.74) is 7.32. The van der Waals surface area contributed by atoms with Gasteiger partial charge in [-0.1, -0.05) is 41.7 Å². The Kier molecular flexibility index (Phi) is 3.04. The minimum absolute atomic E-state index is 0.0561. The highest BCUT2D eigenvalue weighted by Crippen LogP contribution is 2.19. The number of hydrogen-bond donors (Lipinski definition) is 1. The average molecular weight is 259 g/mol. The van der Waals surface area contributed by atoms with Crippen LogP contribution in [0.4, 0.5) is 0 Å². The van der Waals surface area contributed by atoms with Crippen molar-refractivity contribution < 1.29 is 0 Å². The van der Waals surface area contributed by atoms with Gasteiger partial charge in [0.1, 0.15) is 11.3 Å². The second-order valence-corrected chi connectivity index (χ2v) is 5.15. The van der Waals surface area contributed by atoms with E-state index in [1.165, 1.54) is 5.56 Å². The molecule has 0 amide bonds. The molecule has 3 aromatic rings. The van der Waals surface area contributed by atoms with Gasteiger partial charge in [-0.2, -0.15) is 9.61 Å². The van der Waals surface area contributed by atoms with Crippen LogP contribution in [0.15, 0.2) is 36.7 Å².